The molecule has 0 aromatic heterocycles. The van der Waals surface area contributed by atoms with E-state index in [1.165, 1.54) is 19.2 Å². The molecule has 1 aromatic rings. The standard InChI is InChI=1S/C11H13NO7S2/c1-3-19-11(13)7-21(17,18)10-5-4-8(20(2)16)6-9(10)12(14)15/h4-6H,3,7H2,1-2H3/t20-/m0/s1. The highest BCUT2D eigenvalue weighted by molar-refractivity contribution is 7.92. The maximum Gasteiger partial charge on any atom is 0.321 e. The van der Waals surface area contributed by atoms with Crippen molar-refractivity contribution in [1.82, 2.24) is 0 Å². The largest absolute Gasteiger partial charge is 0.465 e. The molecule has 1 aromatic carbocycles. The van der Waals surface area contributed by atoms with Crippen LogP contribution >= 0.6 is 0 Å². The van der Waals surface area contributed by atoms with Crippen molar-refractivity contribution in [3.63, 3.8) is 0 Å². The average Bonchev–Trinajstić information content (AvgIpc) is 2.37. The summed E-state index contributed by atoms with van der Waals surface area (Å²) in [5.74, 6) is -1.98. The Balaban J connectivity index is 3.32. The van der Waals surface area contributed by atoms with Crippen LogP contribution in [-0.2, 0) is 30.2 Å². The van der Waals surface area contributed by atoms with Crippen molar-refractivity contribution in [1.29, 1.82) is 0 Å². The van der Waals surface area contributed by atoms with Gasteiger partial charge in [0, 0.05) is 17.2 Å². The summed E-state index contributed by atoms with van der Waals surface area (Å²) in [5.41, 5.74) is -0.716. The van der Waals surface area contributed by atoms with Crippen LogP contribution in [0.3, 0.4) is 0 Å². The number of nitrogens with zero attached hydrogens (tertiary/aromatic N) is 1. The fraction of sp³-hybridized carbons (Fsp3) is 0.364. The van der Waals surface area contributed by atoms with Crippen LogP contribution in [0.4, 0.5) is 5.69 Å². The summed E-state index contributed by atoms with van der Waals surface area (Å²) >= 11 is 0. The minimum atomic E-state index is -4.22. The van der Waals surface area contributed by atoms with E-state index < -0.39 is 47.9 Å². The van der Waals surface area contributed by atoms with E-state index >= 15 is 0 Å². The third-order valence-electron chi connectivity index (χ3n) is 2.41. The van der Waals surface area contributed by atoms with E-state index in [4.69, 9.17) is 0 Å². The predicted molar refractivity (Wildman–Crippen MR) is 74.1 cm³/mol. The molecule has 0 fully saturated rings. The van der Waals surface area contributed by atoms with Gasteiger partial charge in [0.25, 0.3) is 5.69 Å². The lowest BCUT2D eigenvalue weighted by Gasteiger charge is -2.06. The zero-order valence-electron chi connectivity index (χ0n) is 11.3. The molecule has 21 heavy (non-hydrogen) atoms. The Labute approximate surface area is 123 Å². The topological polar surface area (TPSA) is 121 Å². The van der Waals surface area contributed by atoms with Gasteiger partial charge in [-0.2, -0.15) is 0 Å². The molecule has 0 aliphatic heterocycles. The Bertz CT molecular complexity index is 697. The molecule has 0 radical (unpaired) electrons. The lowest BCUT2D eigenvalue weighted by molar-refractivity contribution is -0.388. The van der Waals surface area contributed by atoms with Crippen molar-refractivity contribution in [2.45, 2.75) is 16.7 Å². The molecule has 0 aliphatic rings. The zero-order chi connectivity index (χ0) is 16.2. The van der Waals surface area contributed by atoms with Gasteiger partial charge in [0.15, 0.2) is 15.6 Å². The molecule has 0 unspecified atom stereocenters. The molecular formula is C11H13NO7S2. The summed E-state index contributed by atoms with van der Waals surface area (Å²) in [7, 11) is -5.71. The van der Waals surface area contributed by atoms with E-state index in [0.717, 1.165) is 12.1 Å². The smallest absolute Gasteiger partial charge is 0.321 e. The van der Waals surface area contributed by atoms with E-state index in [9.17, 15) is 27.5 Å². The molecular weight excluding hydrogens is 322 g/mol. The summed E-state index contributed by atoms with van der Waals surface area (Å²) in [4.78, 5) is 20.9. The first-order valence-corrected chi connectivity index (χ1v) is 8.90. The van der Waals surface area contributed by atoms with Crippen LogP contribution in [0.15, 0.2) is 28.0 Å². The normalized spacial score (nSPS) is 12.7. The fourth-order valence-corrected chi connectivity index (χ4v) is 3.33. The molecule has 1 rings (SSSR count). The summed E-state index contributed by atoms with van der Waals surface area (Å²) in [6.45, 7) is 1.52. The van der Waals surface area contributed by atoms with Gasteiger partial charge >= 0.3 is 5.97 Å². The molecule has 10 heteroatoms. The molecule has 8 nitrogen and oxygen atoms in total. The highest BCUT2D eigenvalue weighted by Gasteiger charge is 2.29. The second-order valence-corrected chi connectivity index (χ2v) is 7.24. The number of ether oxygens (including phenoxy) is 1. The molecule has 0 spiro atoms. The van der Waals surface area contributed by atoms with E-state index in [1.54, 1.807) is 0 Å². The molecule has 0 aliphatic carbocycles. The number of benzene rings is 1. The summed E-state index contributed by atoms with van der Waals surface area (Å²) < 4.78 is 39.9. The van der Waals surface area contributed by atoms with E-state index in [0.29, 0.717) is 0 Å². The van der Waals surface area contributed by atoms with Crippen molar-refractivity contribution in [2.24, 2.45) is 0 Å². The first-order valence-electron chi connectivity index (χ1n) is 5.69. The number of nitro benzene ring substituents is 1. The fourth-order valence-electron chi connectivity index (χ4n) is 1.52. The lowest BCUT2D eigenvalue weighted by Crippen LogP contribution is -2.19. The Morgan fingerprint density at radius 2 is 2.05 bits per heavy atom. The molecule has 0 saturated heterocycles. The van der Waals surface area contributed by atoms with E-state index in [-0.39, 0.29) is 11.5 Å². The summed E-state index contributed by atoms with van der Waals surface area (Å²) in [6.07, 6.45) is 1.31. The van der Waals surface area contributed by atoms with E-state index in [2.05, 4.69) is 4.74 Å². The molecule has 0 bridgehead atoms. The monoisotopic (exact) mass is 335 g/mol. The molecule has 1 atom stereocenters. The number of nitro groups is 1. The number of hydrogen-bond acceptors (Lipinski definition) is 7. The number of hydrogen-bond donors (Lipinski definition) is 0. The van der Waals surface area contributed by atoms with Crippen LogP contribution in [0.2, 0.25) is 0 Å². The SMILES string of the molecule is CCOC(=O)CS(=O)(=O)c1ccc([S@](C)=O)cc1[N+](=O)[O-]. The predicted octanol–water partition coefficient (Wildman–Crippen LogP) is 0.669. The first-order chi connectivity index (χ1) is 9.69. The summed E-state index contributed by atoms with van der Waals surface area (Å²) in [5, 5.41) is 11.0. The Morgan fingerprint density at radius 1 is 1.43 bits per heavy atom. The van der Waals surface area contributed by atoms with Crippen molar-refractivity contribution in [2.75, 3.05) is 18.6 Å². The van der Waals surface area contributed by atoms with Gasteiger partial charge in [0.05, 0.1) is 22.3 Å². The second-order valence-electron chi connectivity index (χ2n) is 3.90. The van der Waals surface area contributed by atoms with Gasteiger partial charge in [-0.3, -0.25) is 19.1 Å². The van der Waals surface area contributed by atoms with Gasteiger partial charge in [0.2, 0.25) is 0 Å². The number of sulfone groups is 1. The van der Waals surface area contributed by atoms with Crippen LogP contribution in [0, 0.1) is 10.1 Å². The number of esters is 1. The highest BCUT2D eigenvalue weighted by Crippen LogP contribution is 2.27. The number of carbonyl (C=O) groups excluding carboxylic acids is 1. The molecule has 0 heterocycles. The number of carbonyl (C=O) groups is 1. The third-order valence-corrected chi connectivity index (χ3v) is 4.96. The van der Waals surface area contributed by atoms with Crippen molar-refractivity contribution < 1.29 is 27.1 Å². The van der Waals surface area contributed by atoms with Crippen LogP contribution in [0.1, 0.15) is 6.92 Å². The van der Waals surface area contributed by atoms with Gasteiger partial charge < -0.3 is 4.74 Å². The zero-order valence-corrected chi connectivity index (χ0v) is 12.9. The minimum absolute atomic E-state index is 0.00417. The highest BCUT2D eigenvalue weighted by atomic mass is 32.2. The van der Waals surface area contributed by atoms with Gasteiger partial charge in [-0.05, 0) is 19.1 Å². The summed E-state index contributed by atoms with van der Waals surface area (Å²) in [6, 6.07) is 3.11. The second kappa shape index (κ2) is 6.76. The van der Waals surface area contributed by atoms with Gasteiger partial charge in [0.1, 0.15) is 4.90 Å². The molecule has 0 N–H and O–H groups in total. The van der Waals surface area contributed by atoms with Crippen molar-refractivity contribution >= 4 is 32.3 Å². The Kier molecular flexibility index (Phi) is 5.55. The maximum absolute atomic E-state index is 12.0. The van der Waals surface area contributed by atoms with Gasteiger partial charge in [-0.1, -0.05) is 0 Å². The average molecular weight is 335 g/mol. The van der Waals surface area contributed by atoms with Crippen molar-refractivity contribution in [3.05, 3.63) is 28.3 Å². The van der Waals surface area contributed by atoms with Crippen LogP contribution < -0.4 is 0 Å². The Morgan fingerprint density at radius 3 is 2.52 bits per heavy atom. The molecule has 0 amide bonds. The molecule has 116 valence electrons. The van der Waals surface area contributed by atoms with Crippen LogP contribution in [0.5, 0.6) is 0 Å². The maximum atomic E-state index is 12.0. The van der Waals surface area contributed by atoms with Crippen molar-refractivity contribution in [3.8, 4) is 0 Å². The van der Waals surface area contributed by atoms with Crippen LogP contribution in [-0.4, -0.2) is 42.1 Å². The van der Waals surface area contributed by atoms with Crippen LogP contribution in [0.25, 0.3) is 0 Å². The third kappa shape index (κ3) is 4.33. The quantitative estimate of drug-likeness (QED) is 0.425. The van der Waals surface area contributed by atoms with Gasteiger partial charge in [-0.25, -0.2) is 8.42 Å². The number of rotatable bonds is 6. The minimum Gasteiger partial charge on any atom is -0.465 e. The first kappa shape index (κ1) is 17.2. The lowest BCUT2D eigenvalue weighted by atomic mass is 10.3. The van der Waals surface area contributed by atoms with E-state index in [1.807, 2.05) is 0 Å². The van der Waals surface area contributed by atoms with Gasteiger partial charge in [-0.15, -0.1) is 0 Å². The Hall–Kier alpha value is -1.81. The molecule has 0 saturated carbocycles.